The van der Waals surface area contributed by atoms with E-state index in [0.29, 0.717) is 22.8 Å². The van der Waals surface area contributed by atoms with Gasteiger partial charge < -0.3 is 10.2 Å². The number of hydrogen-bond acceptors (Lipinski definition) is 4. The molecule has 0 aliphatic rings. The second-order valence-electron chi connectivity index (χ2n) is 10.2. The second-order valence-corrected chi connectivity index (χ2v) is 13.4. The Hall–Kier alpha value is -2.88. The van der Waals surface area contributed by atoms with Crippen LogP contribution in [0.3, 0.4) is 0 Å². The minimum absolute atomic E-state index is 0.0570. The predicted octanol–water partition coefficient (Wildman–Crippen LogP) is 6.10. The molecule has 0 aliphatic carbocycles. The van der Waals surface area contributed by atoms with Crippen molar-refractivity contribution in [1.29, 1.82) is 0 Å². The zero-order valence-corrected chi connectivity index (χ0v) is 26.5. The number of sulfonamides is 1. The fourth-order valence-corrected chi connectivity index (χ4v) is 6.27. The van der Waals surface area contributed by atoms with Crippen LogP contribution in [0, 0.1) is 19.8 Å². The Morgan fingerprint density at radius 1 is 0.975 bits per heavy atom. The number of carbonyl (C=O) groups excluding carboxylic acids is 2. The maximum atomic E-state index is 14.0. The van der Waals surface area contributed by atoms with E-state index in [1.165, 1.54) is 17.0 Å². The molecule has 3 aromatic carbocycles. The van der Waals surface area contributed by atoms with Gasteiger partial charge in [-0.25, -0.2) is 8.42 Å². The van der Waals surface area contributed by atoms with Gasteiger partial charge in [0.15, 0.2) is 0 Å². The molecule has 1 atom stereocenters. The number of anilines is 1. The molecular formula is C30H35BrClN3O4S. The molecule has 2 amide bonds. The zero-order valence-electron chi connectivity index (χ0n) is 23.3. The van der Waals surface area contributed by atoms with Crippen molar-refractivity contribution in [3.63, 3.8) is 0 Å². The van der Waals surface area contributed by atoms with Gasteiger partial charge in [-0.05, 0) is 80.3 Å². The normalized spacial score (nSPS) is 12.2. The summed E-state index contributed by atoms with van der Waals surface area (Å²) in [5.74, 6) is -0.599. The van der Waals surface area contributed by atoms with E-state index in [1.807, 2.05) is 45.0 Å². The third-order valence-corrected chi connectivity index (χ3v) is 8.91. The van der Waals surface area contributed by atoms with Crippen LogP contribution in [-0.2, 0) is 26.2 Å². The number of nitrogens with one attached hydrogen (secondary N) is 1. The average molecular weight is 649 g/mol. The maximum Gasteiger partial charge on any atom is 0.264 e. The fourth-order valence-electron chi connectivity index (χ4n) is 4.12. The zero-order chi connectivity index (χ0) is 29.6. The number of aryl methyl sites for hydroxylation is 2. The Bertz CT molecular complexity index is 1460. The van der Waals surface area contributed by atoms with Gasteiger partial charge >= 0.3 is 0 Å². The molecule has 214 valence electrons. The van der Waals surface area contributed by atoms with Crippen molar-refractivity contribution in [3.05, 3.63) is 92.9 Å². The highest BCUT2D eigenvalue weighted by molar-refractivity contribution is 9.10. The monoisotopic (exact) mass is 647 g/mol. The SMILES string of the molecule is Cc1ccc(S(=O)(=O)N(CC(=O)N(Cc2cccc(Br)c2)[C@H](C)C(=O)NCC(C)C)c2ccc(Cl)cc2C)cc1. The van der Waals surface area contributed by atoms with Gasteiger partial charge in [0.05, 0.1) is 10.6 Å². The second kappa shape index (κ2) is 13.7. The largest absolute Gasteiger partial charge is 0.354 e. The highest BCUT2D eigenvalue weighted by Crippen LogP contribution is 2.29. The number of halogens is 2. The maximum absolute atomic E-state index is 14.0. The molecule has 0 radical (unpaired) electrons. The molecule has 3 aromatic rings. The lowest BCUT2D eigenvalue weighted by Gasteiger charge is -2.32. The van der Waals surface area contributed by atoms with Crippen LogP contribution in [0.5, 0.6) is 0 Å². The molecule has 0 aromatic heterocycles. The van der Waals surface area contributed by atoms with Crippen LogP contribution in [0.1, 0.15) is 37.5 Å². The highest BCUT2D eigenvalue weighted by Gasteiger charge is 2.33. The third kappa shape index (κ3) is 8.08. The molecule has 0 unspecified atom stereocenters. The van der Waals surface area contributed by atoms with Gasteiger partial charge in [-0.1, -0.05) is 71.2 Å². The number of nitrogens with zero attached hydrogens (tertiary/aromatic N) is 2. The summed E-state index contributed by atoms with van der Waals surface area (Å²) in [6.07, 6.45) is 0. The molecule has 3 rings (SSSR count). The molecular weight excluding hydrogens is 614 g/mol. The lowest BCUT2D eigenvalue weighted by molar-refractivity contribution is -0.139. The van der Waals surface area contributed by atoms with Gasteiger partial charge in [0, 0.05) is 22.6 Å². The first-order chi connectivity index (χ1) is 18.8. The van der Waals surface area contributed by atoms with Crippen molar-refractivity contribution >= 4 is 55.1 Å². The fraction of sp³-hybridized carbons (Fsp3) is 0.333. The molecule has 0 saturated heterocycles. The van der Waals surface area contributed by atoms with Crippen molar-refractivity contribution < 1.29 is 18.0 Å². The van der Waals surface area contributed by atoms with Gasteiger partial charge in [0.25, 0.3) is 10.0 Å². The number of hydrogen-bond donors (Lipinski definition) is 1. The molecule has 7 nitrogen and oxygen atoms in total. The molecule has 0 bridgehead atoms. The van der Waals surface area contributed by atoms with Gasteiger partial charge in [0.2, 0.25) is 11.8 Å². The standard InChI is InChI=1S/C30H35BrClN3O4S/c1-20(2)17-33-30(37)23(5)34(18-24-7-6-8-25(31)16-24)29(36)19-35(28-14-11-26(32)15-22(28)4)40(38,39)27-12-9-21(3)10-13-27/h6-16,20,23H,17-19H2,1-5H3,(H,33,37)/t23-/m1/s1. The molecule has 0 spiro atoms. The summed E-state index contributed by atoms with van der Waals surface area (Å²) in [6, 6.07) is 17.9. The Morgan fingerprint density at radius 2 is 1.65 bits per heavy atom. The molecule has 10 heteroatoms. The first-order valence-corrected chi connectivity index (χ1v) is 15.6. The Labute approximate surface area is 250 Å². The van der Waals surface area contributed by atoms with E-state index in [2.05, 4.69) is 21.2 Å². The molecule has 1 N–H and O–H groups in total. The Morgan fingerprint density at radius 3 is 2.25 bits per heavy atom. The van der Waals surface area contributed by atoms with E-state index in [-0.39, 0.29) is 23.3 Å². The highest BCUT2D eigenvalue weighted by atomic mass is 79.9. The van der Waals surface area contributed by atoms with E-state index in [1.54, 1.807) is 44.2 Å². The number of carbonyl (C=O) groups is 2. The Kier molecular flexibility index (Phi) is 10.8. The first-order valence-electron chi connectivity index (χ1n) is 13.0. The van der Waals surface area contributed by atoms with E-state index < -0.39 is 28.5 Å². The van der Waals surface area contributed by atoms with Crippen molar-refractivity contribution in [2.24, 2.45) is 5.92 Å². The van der Waals surface area contributed by atoms with Crippen LogP contribution in [0.25, 0.3) is 0 Å². The third-order valence-electron chi connectivity index (χ3n) is 6.41. The van der Waals surface area contributed by atoms with Crippen LogP contribution in [0.4, 0.5) is 5.69 Å². The first kappa shape index (κ1) is 31.6. The van der Waals surface area contributed by atoms with E-state index in [9.17, 15) is 18.0 Å². The van der Waals surface area contributed by atoms with Gasteiger partial charge in [0.1, 0.15) is 12.6 Å². The van der Waals surface area contributed by atoms with E-state index in [0.717, 1.165) is 19.9 Å². The predicted molar refractivity (Wildman–Crippen MR) is 164 cm³/mol. The van der Waals surface area contributed by atoms with Gasteiger partial charge in [-0.3, -0.25) is 13.9 Å². The van der Waals surface area contributed by atoms with Gasteiger partial charge in [-0.2, -0.15) is 0 Å². The summed E-state index contributed by atoms with van der Waals surface area (Å²) < 4.78 is 29.8. The molecule has 40 heavy (non-hydrogen) atoms. The van der Waals surface area contributed by atoms with Crippen LogP contribution in [0.15, 0.2) is 76.1 Å². The van der Waals surface area contributed by atoms with Crippen LogP contribution in [-0.4, -0.2) is 44.3 Å². The van der Waals surface area contributed by atoms with Crippen LogP contribution in [0.2, 0.25) is 5.02 Å². The summed E-state index contributed by atoms with van der Waals surface area (Å²) in [7, 11) is -4.15. The summed E-state index contributed by atoms with van der Waals surface area (Å²) in [6.45, 7) is 9.30. The minimum atomic E-state index is -4.15. The minimum Gasteiger partial charge on any atom is -0.354 e. The van der Waals surface area contributed by atoms with Crippen molar-refractivity contribution in [3.8, 4) is 0 Å². The van der Waals surface area contributed by atoms with Crippen molar-refractivity contribution in [2.75, 3.05) is 17.4 Å². The van der Waals surface area contributed by atoms with E-state index in [4.69, 9.17) is 11.6 Å². The number of benzene rings is 3. The lowest BCUT2D eigenvalue weighted by Crippen LogP contribution is -2.51. The Balaban J connectivity index is 2.05. The average Bonchev–Trinajstić information content (AvgIpc) is 2.89. The van der Waals surface area contributed by atoms with E-state index >= 15 is 0 Å². The molecule has 0 aliphatic heterocycles. The quantitative estimate of drug-likeness (QED) is 0.272. The number of amides is 2. The summed E-state index contributed by atoms with van der Waals surface area (Å²) in [4.78, 5) is 28.6. The van der Waals surface area contributed by atoms with Crippen LogP contribution >= 0.6 is 27.5 Å². The summed E-state index contributed by atoms with van der Waals surface area (Å²) >= 11 is 9.62. The van der Waals surface area contributed by atoms with Crippen molar-refractivity contribution in [1.82, 2.24) is 10.2 Å². The molecule has 0 heterocycles. The number of rotatable bonds is 11. The summed E-state index contributed by atoms with van der Waals surface area (Å²) in [5.41, 5.74) is 2.63. The molecule has 0 fully saturated rings. The summed E-state index contributed by atoms with van der Waals surface area (Å²) in [5, 5.41) is 3.34. The molecule has 0 saturated carbocycles. The van der Waals surface area contributed by atoms with Crippen LogP contribution < -0.4 is 9.62 Å². The lowest BCUT2D eigenvalue weighted by atomic mass is 10.1. The topological polar surface area (TPSA) is 86.8 Å². The smallest absolute Gasteiger partial charge is 0.264 e. The van der Waals surface area contributed by atoms with Crippen molar-refractivity contribution in [2.45, 2.75) is 52.1 Å². The van der Waals surface area contributed by atoms with Gasteiger partial charge in [-0.15, -0.1) is 0 Å².